The number of aromatic nitrogens is 2. The smallest absolute Gasteiger partial charge is 0.274 e. The van der Waals surface area contributed by atoms with E-state index in [1.165, 1.54) is 5.69 Å². The molecule has 5 rings (SSSR count). The average molecular weight is 410 g/mol. The van der Waals surface area contributed by atoms with Crippen LogP contribution in [0, 0.1) is 0 Å². The number of hydrogen-bond donors (Lipinski definition) is 1. The van der Waals surface area contributed by atoms with Crippen LogP contribution in [0.2, 0.25) is 0 Å². The molecule has 2 aromatic heterocycles. The Morgan fingerprint density at radius 2 is 1.84 bits per heavy atom. The molecule has 1 fully saturated rings. The maximum atomic E-state index is 12.7. The minimum atomic E-state index is -0.258. The third-order valence-corrected chi connectivity index (χ3v) is 5.41. The highest BCUT2D eigenvalue weighted by Gasteiger charge is 2.14. The van der Waals surface area contributed by atoms with Crippen LogP contribution in [0.1, 0.15) is 10.5 Å². The van der Waals surface area contributed by atoms with Crippen LogP contribution in [0.4, 0.5) is 11.4 Å². The highest BCUT2D eigenvalue weighted by Crippen LogP contribution is 2.30. The molecule has 3 heterocycles. The Balaban J connectivity index is 1.51. The number of rotatable bonds is 4. The number of amides is 1. The second-order valence-electron chi connectivity index (χ2n) is 7.42. The number of benzene rings is 2. The van der Waals surface area contributed by atoms with Crippen molar-refractivity contribution in [2.45, 2.75) is 0 Å². The first-order valence-electron chi connectivity index (χ1n) is 10.3. The van der Waals surface area contributed by atoms with E-state index in [1.807, 2.05) is 18.2 Å². The van der Waals surface area contributed by atoms with Crippen LogP contribution < -0.4 is 10.2 Å². The summed E-state index contributed by atoms with van der Waals surface area (Å²) >= 11 is 0. The summed E-state index contributed by atoms with van der Waals surface area (Å²) < 4.78 is 5.48. The number of carbonyl (C=O) groups excluding carboxylic acids is 1. The zero-order valence-electron chi connectivity index (χ0n) is 17.0. The quantitative estimate of drug-likeness (QED) is 0.541. The SMILES string of the molecule is O=C(Nc1cccnc1)c1ccc2cccc(-c3cccc(N4CCOCC4)c3)c2n1. The molecule has 4 aromatic rings. The van der Waals surface area contributed by atoms with Crippen LogP contribution in [-0.4, -0.2) is 42.2 Å². The van der Waals surface area contributed by atoms with Gasteiger partial charge in [0.1, 0.15) is 5.69 Å². The molecule has 1 amide bonds. The number of ether oxygens (including phenoxy) is 1. The van der Waals surface area contributed by atoms with Crippen molar-refractivity contribution < 1.29 is 9.53 Å². The lowest BCUT2D eigenvalue weighted by Crippen LogP contribution is -2.36. The van der Waals surface area contributed by atoms with Gasteiger partial charge in [-0.3, -0.25) is 9.78 Å². The fraction of sp³-hybridized carbons (Fsp3) is 0.160. The van der Waals surface area contributed by atoms with Crippen LogP contribution in [0.25, 0.3) is 22.0 Å². The van der Waals surface area contributed by atoms with E-state index in [1.54, 1.807) is 30.6 Å². The minimum Gasteiger partial charge on any atom is -0.378 e. The van der Waals surface area contributed by atoms with Crippen molar-refractivity contribution >= 4 is 28.2 Å². The van der Waals surface area contributed by atoms with E-state index in [4.69, 9.17) is 9.72 Å². The van der Waals surface area contributed by atoms with Gasteiger partial charge in [0.15, 0.2) is 0 Å². The highest BCUT2D eigenvalue weighted by molar-refractivity contribution is 6.05. The molecule has 0 spiro atoms. The standard InChI is InChI=1S/C25H22N4O2/c30-25(27-20-6-3-11-26-17-20)23-10-9-18-4-2-8-22(24(18)28-23)19-5-1-7-21(16-19)29-12-14-31-15-13-29/h1-11,16-17H,12-15H2,(H,27,30). The van der Waals surface area contributed by atoms with E-state index in [2.05, 4.69) is 45.5 Å². The lowest BCUT2D eigenvalue weighted by atomic mass is 10.0. The first-order valence-corrected chi connectivity index (χ1v) is 10.3. The summed E-state index contributed by atoms with van der Waals surface area (Å²) in [6.07, 6.45) is 3.28. The van der Waals surface area contributed by atoms with Crippen molar-refractivity contribution in [3.05, 3.63) is 84.8 Å². The normalized spacial score (nSPS) is 13.9. The molecule has 1 N–H and O–H groups in total. The Labute approximate surface area is 180 Å². The molecule has 0 saturated carbocycles. The summed E-state index contributed by atoms with van der Waals surface area (Å²) in [6.45, 7) is 3.26. The van der Waals surface area contributed by atoms with Gasteiger partial charge >= 0.3 is 0 Å². The molecule has 0 atom stereocenters. The van der Waals surface area contributed by atoms with Crippen LogP contribution in [0.3, 0.4) is 0 Å². The largest absolute Gasteiger partial charge is 0.378 e. The van der Waals surface area contributed by atoms with Crippen LogP contribution >= 0.6 is 0 Å². The van der Waals surface area contributed by atoms with Crippen LogP contribution in [0.15, 0.2) is 79.1 Å². The van der Waals surface area contributed by atoms with Crippen LogP contribution in [0.5, 0.6) is 0 Å². The number of carbonyl (C=O) groups is 1. The minimum absolute atomic E-state index is 0.258. The van der Waals surface area contributed by atoms with Crippen molar-refractivity contribution in [1.29, 1.82) is 0 Å². The van der Waals surface area contributed by atoms with Crippen molar-refractivity contribution in [2.75, 3.05) is 36.5 Å². The van der Waals surface area contributed by atoms with Crippen molar-refractivity contribution in [3.63, 3.8) is 0 Å². The molecule has 6 heteroatoms. The molecule has 31 heavy (non-hydrogen) atoms. The molecule has 1 aliphatic rings. The summed E-state index contributed by atoms with van der Waals surface area (Å²) in [6, 6.07) is 21.8. The van der Waals surface area contributed by atoms with Gasteiger partial charge in [0.05, 0.1) is 30.6 Å². The third kappa shape index (κ3) is 4.11. The van der Waals surface area contributed by atoms with E-state index < -0.39 is 0 Å². The third-order valence-electron chi connectivity index (χ3n) is 5.41. The van der Waals surface area contributed by atoms with E-state index >= 15 is 0 Å². The van der Waals surface area contributed by atoms with Crippen LogP contribution in [-0.2, 0) is 4.74 Å². The number of nitrogens with zero attached hydrogens (tertiary/aromatic N) is 3. The number of pyridine rings is 2. The fourth-order valence-corrected chi connectivity index (χ4v) is 3.83. The first kappa shape index (κ1) is 19.2. The molecule has 0 aliphatic carbocycles. The molecule has 2 aromatic carbocycles. The second kappa shape index (κ2) is 8.53. The van der Waals surface area contributed by atoms with Gasteiger partial charge < -0.3 is 15.0 Å². The van der Waals surface area contributed by atoms with E-state index in [0.717, 1.165) is 48.3 Å². The molecular formula is C25H22N4O2. The lowest BCUT2D eigenvalue weighted by molar-refractivity contribution is 0.102. The Hall–Kier alpha value is -3.77. The van der Waals surface area contributed by atoms with Gasteiger partial charge in [0, 0.05) is 35.9 Å². The number of anilines is 2. The molecule has 1 saturated heterocycles. The lowest BCUT2D eigenvalue weighted by Gasteiger charge is -2.29. The van der Waals surface area contributed by atoms with Crippen molar-refractivity contribution in [2.24, 2.45) is 0 Å². The molecule has 1 aliphatic heterocycles. The number of morpholine rings is 1. The van der Waals surface area contributed by atoms with Gasteiger partial charge in [-0.15, -0.1) is 0 Å². The number of fused-ring (bicyclic) bond motifs is 1. The summed E-state index contributed by atoms with van der Waals surface area (Å²) in [5.74, 6) is -0.258. The second-order valence-corrected chi connectivity index (χ2v) is 7.42. The number of hydrogen-bond acceptors (Lipinski definition) is 5. The predicted octanol–water partition coefficient (Wildman–Crippen LogP) is 4.39. The molecule has 154 valence electrons. The van der Waals surface area contributed by atoms with E-state index in [-0.39, 0.29) is 5.91 Å². The van der Waals surface area contributed by atoms with Gasteiger partial charge in [-0.1, -0.05) is 36.4 Å². The summed E-state index contributed by atoms with van der Waals surface area (Å²) in [5.41, 5.74) is 5.06. The van der Waals surface area contributed by atoms with E-state index in [9.17, 15) is 4.79 Å². The van der Waals surface area contributed by atoms with Crippen molar-refractivity contribution in [3.8, 4) is 11.1 Å². The number of nitrogens with one attached hydrogen (secondary N) is 1. The molecular weight excluding hydrogens is 388 g/mol. The topological polar surface area (TPSA) is 67.4 Å². The fourth-order valence-electron chi connectivity index (χ4n) is 3.83. The molecule has 0 unspecified atom stereocenters. The van der Waals surface area contributed by atoms with Gasteiger partial charge in [-0.2, -0.15) is 0 Å². The molecule has 0 radical (unpaired) electrons. The summed E-state index contributed by atoms with van der Waals surface area (Å²) in [5, 5.41) is 3.84. The van der Waals surface area contributed by atoms with Gasteiger partial charge in [0.25, 0.3) is 5.91 Å². The van der Waals surface area contributed by atoms with Gasteiger partial charge in [0.2, 0.25) is 0 Å². The monoisotopic (exact) mass is 410 g/mol. The Bertz CT molecular complexity index is 1220. The Kier molecular flexibility index (Phi) is 5.29. The zero-order chi connectivity index (χ0) is 21.0. The van der Waals surface area contributed by atoms with Gasteiger partial charge in [-0.25, -0.2) is 4.98 Å². The maximum Gasteiger partial charge on any atom is 0.274 e. The molecule has 6 nitrogen and oxygen atoms in total. The predicted molar refractivity (Wildman–Crippen MR) is 122 cm³/mol. The van der Waals surface area contributed by atoms with Gasteiger partial charge in [-0.05, 0) is 35.9 Å². The van der Waals surface area contributed by atoms with E-state index in [0.29, 0.717) is 11.4 Å². The first-order chi connectivity index (χ1) is 15.3. The van der Waals surface area contributed by atoms with Crippen molar-refractivity contribution in [1.82, 2.24) is 9.97 Å². The maximum absolute atomic E-state index is 12.7. The summed E-state index contributed by atoms with van der Waals surface area (Å²) in [4.78, 5) is 23.8. The molecule has 0 bridgehead atoms. The zero-order valence-corrected chi connectivity index (χ0v) is 17.0. The Morgan fingerprint density at radius 3 is 2.68 bits per heavy atom. The Morgan fingerprint density at radius 1 is 0.968 bits per heavy atom. The highest BCUT2D eigenvalue weighted by atomic mass is 16.5. The summed E-state index contributed by atoms with van der Waals surface area (Å²) in [7, 11) is 0. The average Bonchev–Trinajstić information content (AvgIpc) is 2.84. The number of para-hydroxylation sites is 1.